The number of aliphatic hydroxyl groups excluding tert-OH is 1. The van der Waals surface area contributed by atoms with E-state index in [1.54, 1.807) is 0 Å². The number of imidazole rings is 1. The Morgan fingerprint density at radius 1 is 1.03 bits per heavy atom. The maximum absolute atomic E-state index is 9.62. The minimum absolute atomic E-state index is 0.0544. The third-order valence-electron chi connectivity index (χ3n) is 7.14. The molecule has 186 valence electrons. The van der Waals surface area contributed by atoms with Crippen molar-refractivity contribution in [1.29, 1.82) is 0 Å². The standard InChI is InChI=1S/C28H28ClN3O4/c1-28(2,15-33)19-9-7-17(8-10-19)16-3-5-18(6-4-16)24-20(29)13-21-26(31-24)32-27(30-21)36-23-14-35-22-11-12-34-25(22)23/h3-10,13,22-23,25,33H,11-12,14-15H2,1-2H3,(H,30,31,32)/t22-,23?,25+/m1/s1. The van der Waals surface area contributed by atoms with Crippen molar-refractivity contribution in [3.8, 4) is 28.4 Å². The highest BCUT2D eigenvalue weighted by Gasteiger charge is 2.43. The van der Waals surface area contributed by atoms with Gasteiger partial charge in [0.2, 0.25) is 0 Å². The van der Waals surface area contributed by atoms with E-state index in [1.165, 1.54) is 0 Å². The molecule has 2 aliphatic heterocycles. The highest BCUT2D eigenvalue weighted by atomic mass is 35.5. The maximum atomic E-state index is 9.62. The molecular formula is C28H28ClN3O4. The summed E-state index contributed by atoms with van der Waals surface area (Å²) >= 11 is 6.61. The lowest BCUT2D eigenvalue weighted by molar-refractivity contribution is 0.0273. The van der Waals surface area contributed by atoms with Gasteiger partial charge in [-0.15, -0.1) is 0 Å². The zero-order valence-corrected chi connectivity index (χ0v) is 21.0. The van der Waals surface area contributed by atoms with Crippen molar-refractivity contribution in [2.75, 3.05) is 19.8 Å². The number of hydrogen-bond acceptors (Lipinski definition) is 6. The molecule has 8 heteroatoms. The Labute approximate surface area is 214 Å². The zero-order chi connectivity index (χ0) is 24.9. The summed E-state index contributed by atoms with van der Waals surface area (Å²) in [4.78, 5) is 12.4. The van der Waals surface area contributed by atoms with Crippen LogP contribution in [0.25, 0.3) is 33.5 Å². The topological polar surface area (TPSA) is 89.5 Å². The van der Waals surface area contributed by atoms with E-state index in [4.69, 9.17) is 30.8 Å². The quantitative estimate of drug-likeness (QED) is 0.376. The predicted octanol–water partition coefficient (Wildman–Crippen LogP) is 5.15. The average molecular weight is 506 g/mol. The van der Waals surface area contributed by atoms with E-state index in [2.05, 4.69) is 46.4 Å². The van der Waals surface area contributed by atoms with E-state index in [-0.39, 0.29) is 30.3 Å². The smallest absolute Gasteiger partial charge is 0.296 e. The van der Waals surface area contributed by atoms with E-state index >= 15 is 0 Å². The number of aliphatic hydroxyl groups is 1. The molecule has 2 saturated heterocycles. The Hall–Kier alpha value is -2.97. The molecule has 2 fully saturated rings. The molecule has 2 N–H and O–H groups in total. The molecule has 2 aliphatic rings. The van der Waals surface area contributed by atoms with E-state index in [9.17, 15) is 5.11 Å². The van der Waals surface area contributed by atoms with Crippen LogP contribution in [0.5, 0.6) is 6.01 Å². The molecule has 3 atom stereocenters. The SMILES string of the molecule is CC(C)(CO)c1ccc(-c2ccc(-c3nc4nc(OC5CO[C@@H]6CCO[C@H]56)[nH]c4cc3Cl)cc2)cc1. The lowest BCUT2D eigenvalue weighted by atomic mass is 9.85. The summed E-state index contributed by atoms with van der Waals surface area (Å²) in [6.45, 7) is 5.34. The molecule has 2 aromatic carbocycles. The van der Waals surface area contributed by atoms with E-state index in [0.717, 1.165) is 28.7 Å². The first-order valence-electron chi connectivity index (χ1n) is 12.2. The summed E-state index contributed by atoms with van der Waals surface area (Å²) in [6, 6.07) is 18.7. The summed E-state index contributed by atoms with van der Waals surface area (Å²) in [5.74, 6) is 0. The van der Waals surface area contributed by atoms with Crippen LogP contribution in [0.15, 0.2) is 54.6 Å². The van der Waals surface area contributed by atoms with Crippen molar-refractivity contribution >= 4 is 22.8 Å². The van der Waals surface area contributed by atoms with Gasteiger partial charge in [-0.25, -0.2) is 4.98 Å². The number of H-pyrrole nitrogens is 1. The Bertz CT molecular complexity index is 1380. The maximum Gasteiger partial charge on any atom is 0.296 e. The minimum atomic E-state index is -0.266. The fourth-order valence-corrected chi connectivity index (χ4v) is 5.11. The number of nitrogens with zero attached hydrogens (tertiary/aromatic N) is 2. The van der Waals surface area contributed by atoms with Crippen LogP contribution in [-0.4, -0.2) is 58.2 Å². The number of pyridine rings is 1. The van der Waals surface area contributed by atoms with Crippen LogP contribution in [0.2, 0.25) is 5.02 Å². The van der Waals surface area contributed by atoms with E-state index < -0.39 is 0 Å². The molecule has 1 unspecified atom stereocenters. The van der Waals surface area contributed by atoms with Crippen molar-refractivity contribution < 1.29 is 19.3 Å². The van der Waals surface area contributed by atoms with Crippen molar-refractivity contribution in [3.05, 3.63) is 65.2 Å². The zero-order valence-electron chi connectivity index (χ0n) is 20.2. The summed E-state index contributed by atoms with van der Waals surface area (Å²) in [6.07, 6.45) is 0.759. The van der Waals surface area contributed by atoms with Gasteiger partial charge in [-0.05, 0) is 29.2 Å². The van der Waals surface area contributed by atoms with Crippen LogP contribution < -0.4 is 4.74 Å². The second-order valence-electron chi connectivity index (χ2n) is 10.1. The van der Waals surface area contributed by atoms with Gasteiger partial charge in [0.15, 0.2) is 11.8 Å². The highest BCUT2D eigenvalue weighted by Crippen LogP contribution is 2.33. The van der Waals surface area contributed by atoms with Crippen molar-refractivity contribution in [3.63, 3.8) is 0 Å². The number of benzene rings is 2. The predicted molar refractivity (Wildman–Crippen MR) is 138 cm³/mol. The van der Waals surface area contributed by atoms with Crippen LogP contribution >= 0.6 is 11.6 Å². The number of aromatic nitrogens is 3. The normalized spacial score (nSPS) is 21.7. The molecule has 0 spiro atoms. The van der Waals surface area contributed by atoms with Crippen LogP contribution in [-0.2, 0) is 14.9 Å². The van der Waals surface area contributed by atoms with Crippen LogP contribution in [0.3, 0.4) is 0 Å². The molecule has 0 bridgehead atoms. The number of hydrogen-bond donors (Lipinski definition) is 2. The van der Waals surface area contributed by atoms with Crippen LogP contribution in [0.4, 0.5) is 0 Å². The number of fused-ring (bicyclic) bond motifs is 2. The molecule has 0 saturated carbocycles. The third-order valence-corrected chi connectivity index (χ3v) is 7.43. The molecule has 0 radical (unpaired) electrons. The molecule has 4 aromatic rings. The Balaban J connectivity index is 1.22. The van der Waals surface area contributed by atoms with Gasteiger partial charge < -0.3 is 24.3 Å². The Kier molecular flexibility index (Phi) is 5.96. The summed E-state index contributed by atoms with van der Waals surface area (Å²) in [5, 5.41) is 10.2. The fraction of sp³-hybridized carbons (Fsp3) is 0.357. The first kappa shape index (κ1) is 23.4. The van der Waals surface area contributed by atoms with Gasteiger partial charge in [0, 0.05) is 17.6 Å². The lowest BCUT2D eigenvalue weighted by Crippen LogP contribution is -2.32. The molecule has 36 heavy (non-hydrogen) atoms. The van der Waals surface area contributed by atoms with Crippen LogP contribution in [0.1, 0.15) is 25.8 Å². The van der Waals surface area contributed by atoms with Crippen molar-refractivity contribution in [2.24, 2.45) is 0 Å². The minimum Gasteiger partial charge on any atom is -0.456 e. The summed E-state index contributed by atoms with van der Waals surface area (Å²) < 4.78 is 17.6. The van der Waals surface area contributed by atoms with E-state index in [1.807, 2.05) is 32.0 Å². The monoisotopic (exact) mass is 505 g/mol. The first-order chi connectivity index (χ1) is 17.4. The number of rotatable bonds is 6. The number of halogens is 1. The van der Waals surface area contributed by atoms with Gasteiger partial charge in [0.05, 0.1) is 35.6 Å². The molecule has 2 aromatic heterocycles. The first-order valence-corrected chi connectivity index (χ1v) is 12.6. The van der Waals surface area contributed by atoms with Gasteiger partial charge >= 0.3 is 0 Å². The molecule has 0 aliphatic carbocycles. The second kappa shape index (κ2) is 9.16. The van der Waals surface area contributed by atoms with Crippen molar-refractivity contribution in [1.82, 2.24) is 15.0 Å². The van der Waals surface area contributed by atoms with Gasteiger partial charge in [-0.2, -0.15) is 4.98 Å². The molecule has 6 rings (SSSR count). The van der Waals surface area contributed by atoms with Crippen LogP contribution in [0, 0.1) is 0 Å². The average Bonchev–Trinajstić information content (AvgIpc) is 3.61. The molecule has 0 amide bonds. The molecule has 7 nitrogen and oxygen atoms in total. The molecule has 4 heterocycles. The Morgan fingerprint density at radius 3 is 2.44 bits per heavy atom. The van der Waals surface area contributed by atoms with Crippen molar-refractivity contribution in [2.45, 2.75) is 44.0 Å². The number of nitrogens with one attached hydrogen (secondary N) is 1. The van der Waals surface area contributed by atoms with Gasteiger partial charge in [0.25, 0.3) is 6.01 Å². The third kappa shape index (κ3) is 4.26. The summed E-state index contributed by atoms with van der Waals surface area (Å²) in [5.41, 5.74) is 5.85. The van der Waals surface area contributed by atoms with Gasteiger partial charge in [0.1, 0.15) is 6.10 Å². The van der Waals surface area contributed by atoms with Gasteiger partial charge in [-0.1, -0.05) is 74.0 Å². The summed E-state index contributed by atoms with van der Waals surface area (Å²) in [7, 11) is 0. The molecular weight excluding hydrogens is 478 g/mol. The highest BCUT2D eigenvalue weighted by molar-refractivity contribution is 6.33. The lowest BCUT2D eigenvalue weighted by Gasteiger charge is -2.22. The van der Waals surface area contributed by atoms with Gasteiger partial charge in [-0.3, -0.25) is 0 Å². The van der Waals surface area contributed by atoms with E-state index in [0.29, 0.717) is 41.1 Å². The Morgan fingerprint density at radius 2 is 1.72 bits per heavy atom. The largest absolute Gasteiger partial charge is 0.456 e. The fourth-order valence-electron chi connectivity index (χ4n) is 4.85. The number of aromatic amines is 1. The number of ether oxygens (including phenoxy) is 3. The second-order valence-corrected chi connectivity index (χ2v) is 10.5.